The maximum absolute atomic E-state index is 3.86. The molecule has 0 aromatic heterocycles. The second kappa shape index (κ2) is 21.0. The summed E-state index contributed by atoms with van der Waals surface area (Å²) < 4.78 is 2.20. The molecule has 11 rings (SSSR count). The van der Waals surface area contributed by atoms with E-state index in [1.54, 1.807) is 11.1 Å². The van der Waals surface area contributed by atoms with E-state index in [9.17, 15) is 0 Å². The number of hydrogen-bond donors (Lipinski definition) is 0. The minimum atomic E-state index is -0.169. The summed E-state index contributed by atoms with van der Waals surface area (Å²) >= 11 is 7.71. The van der Waals surface area contributed by atoms with E-state index >= 15 is 0 Å². The second-order valence-corrected chi connectivity index (χ2v) is 33.2. The van der Waals surface area contributed by atoms with Crippen LogP contribution in [0.2, 0.25) is 0 Å². The number of anilines is 6. The first kappa shape index (κ1) is 60.6. The number of hydrogen-bond acceptors (Lipinski definition) is 2. The van der Waals surface area contributed by atoms with Gasteiger partial charge >= 0.3 is 0 Å². The first-order valence-electron chi connectivity index (χ1n) is 32.8. The highest BCUT2D eigenvalue weighted by Gasteiger charge is 2.67. The smallest absolute Gasteiger partial charge is 0.0467 e. The highest BCUT2D eigenvalue weighted by molar-refractivity contribution is 9.10. The topological polar surface area (TPSA) is 6.48 Å². The van der Waals surface area contributed by atoms with Crippen molar-refractivity contribution in [3.05, 3.63) is 163 Å². The van der Waals surface area contributed by atoms with E-state index in [-0.39, 0.29) is 48.7 Å². The number of halogens is 2. The van der Waals surface area contributed by atoms with Crippen LogP contribution in [0.15, 0.2) is 118 Å². The zero-order valence-electron chi connectivity index (χ0n) is 54.6. The molecule has 442 valence electrons. The van der Waals surface area contributed by atoms with Crippen LogP contribution < -0.4 is 9.80 Å². The van der Waals surface area contributed by atoms with Crippen LogP contribution in [0.5, 0.6) is 0 Å². The quantitative estimate of drug-likeness (QED) is 0.0703. The lowest BCUT2D eigenvalue weighted by Gasteiger charge is -2.49. The Morgan fingerprint density at radius 2 is 0.578 bits per heavy atom. The van der Waals surface area contributed by atoms with Crippen LogP contribution in [-0.4, -0.2) is 0 Å². The second-order valence-electron chi connectivity index (χ2n) is 31.4. The molecular formula is C79H102Br2N2. The van der Waals surface area contributed by atoms with E-state index in [2.05, 4.69) is 275 Å². The Kier molecular flexibility index (Phi) is 15.4. The van der Waals surface area contributed by atoms with E-state index < -0.39 is 0 Å². The van der Waals surface area contributed by atoms with Gasteiger partial charge in [-0.05, 0) is 221 Å². The number of rotatable bonds is 20. The number of unbranched alkanes of at least 4 members (excludes halogenated alkanes) is 10. The maximum atomic E-state index is 3.86. The zero-order chi connectivity index (χ0) is 59.8. The van der Waals surface area contributed by atoms with Gasteiger partial charge in [-0.2, -0.15) is 0 Å². The summed E-state index contributed by atoms with van der Waals surface area (Å²) in [6, 6.07) is 44.3. The summed E-state index contributed by atoms with van der Waals surface area (Å²) in [6.07, 6.45) is 17.7. The van der Waals surface area contributed by atoms with Crippen molar-refractivity contribution in [2.75, 3.05) is 9.80 Å². The molecule has 0 unspecified atom stereocenters. The Morgan fingerprint density at radius 1 is 0.313 bits per heavy atom. The molecule has 6 aromatic carbocycles. The fourth-order valence-electron chi connectivity index (χ4n) is 18.2. The predicted octanol–water partition coefficient (Wildman–Crippen LogP) is 25.4. The van der Waals surface area contributed by atoms with Gasteiger partial charge in [-0.15, -0.1) is 0 Å². The molecule has 0 spiro atoms. The van der Waals surface area contributed by atoms with E-state index in [1.807, 2.05) is 0 Å². The lowest BCUT2D eigenvalue weighted by Crippen LogP contribution is -2.44. The summed E-state index contributed by atoms with van der Waals surface area (Å²) in [7, 11) is 0. The van der Waals surface area contributed by atoms with Crippen LogP contribution >= 0.6 is 31.9 Å². The molecule has 4 heteroatoms. The van der Waals surface area contributed by atoms with Gasteiger partial charge in [0.2, 0.25) is 0 Å². The first-order chi connectivity index (χ1) is 39.0. The fraction of sp³-hybridized carbons (Fsp3) is 0.544. The molecule has 2 nitrogen and oxygen atoms in total. The minimum Gasteiger partial charge on any atom is -0.310 e. The SMILES string of the molecule is CCCCCCCCC1(CCCCCCCC)c2cc(N(c3ccc(Br)cc3)c3cc4c5c(c3)C(C)(C)C(C)(C)C5C(C)(C)C4(C)C)ccc2-c2ccc(N(c3ccc(Br)cc3)c3cc4c5c(c3)C(C)(C)C(C)(C)C5C(C)(C)C4(C)C)cc21. The van der Waals surface area contributed by atoms with Gasteiger partial charge in [0.25, 0.3) is 0 Å². The molecule has 83 heavy (non-hydrogen) atoms. The fourth-order valence-corrected chi connectivity index (χ4v) is 18.7. The molecule has 0 heterocycles. The van der Waals surface area contributed by atoms with Gasteiger partial charge in [-0.3, -0.25) is 0 Å². The molecule has 0 saturated heterocycles. The Bertz CT molecular complexity index is 3110. The maximum Gasteiger partial charge on any atom is 0.0467 e. The van der Waals surface area contributed by atoms with Crippen molar-refractivity contribution >= 4 is 66.0 Å². The Morgan fingerprint density at radius 3 is 0.880 bits per heavy atom. The highest BCUT2D eigenvalue weighted by atomic mass is 79.9. The van der Waals surface area contributed by atoms with Crippen molar-refractivity contribution in [2.45, 2.75) is 253 Å². The van der Waals surface area contributed by atoms with Crippen molar-refractivity contribution in [1.29, 1.82) is 0 Å². The third kappa shape index (κ3) is 8.95. The van der Waals surface area contributed by atoms with Crippen molar-refractivity contribution in [1.82, 2.24) is 0 Å². The molecule has 6 aromatic rings. The van der Waals surface area contributed by atoms with E-state index in [0.717, 1.165) is 21.8 Å². The zero-order valence-corrected chi connectivity index (χ0v) is 57.8. The van der Waals surface area contributed by atoms with Gasteiger partial charge in [0.1, 0.15) is 0 Å². The lowest BCUT2D eigenvalue weighted by atomic mass is 9.54. The number of nitrogens with zero attached hydrogens (tertiary/aromatic N) is 2. The van der Waals surface area contributed by atoms with Crippen LogP contribution in [0.3, 0.4) is 0 Å². The monoisotopic (exact) mass is 1240 g/mol. The average molecular weight is 1240 g/mol. The molecule has 0 saturated carbocycles. The third-order valence-electron chi connectivity index (χ3n) is 25.4. The van der Waals surface area contributed by atoms with Crippen molar-refractivity contribution < 1.29 is 0 Å². The molecule has 0 amide bonds. The standard InChI is InChI=1S/C79H102Br2N2/c1-19-21-23-25-27-29-43-79(44-30-28-26-24-22-20-2)61-45-55(82(53-35-31-51(80)32-36-53)57-47-63-67-64(48-57)72(5,6)76(13,14)69(67)75(11,12)71(63,3)4)39-41-59(61)60-42-40-56(46-62(60)79)83(54-37-33-52(81)34-38-54)58-49-65-68-66(50-58)74(9,10)78(17,18)70(68)77(15,16)73(65,7)8/h31-42,45-50,69-70H,19-30,43-44H2,1-18H3. The van der Waals surface area contributed by atoms with Crippen molar-refractivity contribution in [3.8, 4) is 11.1 Å². The van der Waals surface area contributed by atoms with Crippen LogP contribution in [0.1, 0.15) is 271 Å². The molecule has 0 N–H and O–H groups in total. The van der Waals surface area contributed by atoms with Crippen molar-refractivity contribution in [2.24, 2.45) is 21.7 Å². The Balaban J connectivity index is 1.13. The highest BCUT2D eigenvalue weighted by Crippen LogP contribution is 2.75. The lowest BCUT2D eigenvalue weighted by molar-refractivity contribution is 0.0633. The number of benzene rings is 6. The molecular weight excluding hydrogens is 1140 g/mol. The molecule has 0 fully saturated rings. The van der Waals surface area contributed by atoms with E-state index in [1.165, 1.54) is 156 Å². The summed E-state index contributed by atoms with van der Waals surface area (Å²) in [5.41, 5.74) is 22.9. The first-order valence-corrected chi connectivity index (χ1v) is 34.3. The van der Waals surface area contributed by atoms with Gasteiger partial charge in [-0.25, -0.2) is 0 Å². The molecule has 0 atom stereocenters. The van der Waals surface area contributed by atoms with Gasteiger partial charge in [-0.1, -0.05) is 246 Å². The Hall–Kier alpha value is -4.12. The molecule has 0 bridgehead atoms. The van der Waals surface area contributed by atoms with E-state index in [0.29, 0.717) is 11.8 Å². The Labute approximate surface area is 521 Å². The van der Waals surface area contributed by atoms with Crippen LogP contribution in [0.4, 0.5) is 34.1 Å². The van der Waals surface area contributed by atoms with Gasteiger partial charge in [0.05, 0.1) is 0 Å². The van der Waals surface area contributed by atoms with Gasteiger partial charge in [0.15, 0.2) is 0 Å². The summed E-state index contributed by atoms with van der Waals surface area (Å²) in [6.45, 7) is 45.5. The van der Waals surface area contributed by atoms with E-state index in [4.69, 9.17) is 0 Å². The van der Waals surface area contributed by atoms with Gasteiger partial charge < -0.3 is 9.80 Å². The van der Waals surface area contributed by atoms with Crippen molar-refractivity contribution in [3.63, 3.8) is 0 Å². The molecule has 5 aliphatic rings. The minimum absolute atomic E-state index is 0.0126. The summed E-state index contributed by atoms with van der Waals surface area (Å²) in [4.78, 5) is 5.28. The number of fused-ring (bicyclic) bond motifs is 3. The third-order valence-corrected chi connectivity index (χ3v) is 26.4. The molecule has 0 aliphatic heterocycles. The van der Waals surface area contributed by atoms with Crippen LogP contribution in [0.25, 0.3) is 11.1 Å². The predicted molar refractivity (Wildman–Crippen MR) is 366 cm³/mol. The molecule has 0 radical (unpaired) electrons. The molecule has 5 aliphatic carbocycles. The average Bonchev–Trinajstić information content (AvgIpc) is 1.53. The summed E-state index contributed by atoms with van der Waals surface area (Å²) in [5, 5.41) is 0. The largest absolute Gasteiger partial charge is 0.310 e. The van der Waals surface area contributed by atoms with Crippen LogP contribution in [-0.2, 0) is 27.1 Å². The normalized spacial score (nSPS) is 20.5. The van der Waals surface area contributed by atoms with Gasteiger partial charge in [0, 0.05) is 48.5 Å². The van der Waals surface area contributed by atoms with Crippen LogP contribution in [0, 0.1) is 21.7 Å². The summed E-state index contributed by atoms with van der Waals surface area (Å²) in [5.74, 6) is 0.952.